The van der Waals surface area contributed by atoms with E-state index in [1.807, 2.05) is 32.9 Å². The van der Waals surface area contributed by atoms with Crippen LogP contribution in [-0.4, -0.2) is 44.4 Å². The van der Waals surface area contributed by atoms with Crippen LogP contribution in [-0.2, 0) is 14.6 Å². The third-order valence-corrected chi connectivity index (χ3v) is 5.69. The number of carbonyl (C=O) groups excluding carboxylic acids is 2. The van der Waals surface area contributed by atoms with Crippen LogP contribution in [0.5, 0.6) is 0 Å². The topological polar surface area (TPSA) is 104 Å². The molecule has 0 saturated carbocycles. The molecule has 8 heteroatoms. The van der Waals surface area contributed by atoms with Gasteiger partial charge in [0.2, 0.25) is 5.91 Å². The highest BCUT2D eigenvalue weighted by molar-refractivity contribution is 7.91. The van der Waals surface area contributed by atoms with Gasteiger partial charge >= 0.3 is 6.03 Å². The summed E-state index contributed by atoms with van der Waals surface area (Å²) in [6, 6.07) is 3.02. The van der Waals surface area contributed by atoms with Crippen LogP contribution >= 0.6 is 0 Å². The maximum Gasteiger partial charge on any atom is 0.315 e. The Morgan fingerprint density at radius 3 is 2.33 bits per heavy atom. The monoisotopic (exact) mass is 353 g/mol. The molecule has 1 aliphatic heterocycles. The van der Waals surface area contributed by atoms with Crippen LogP contribution < -0.4 is 16.0 Å². The summed E-state index contributed by atoms with van der Waals surface area (Å²) in [6.07, 6.45) is 0.406. The predicted octanol–water partition coefficient (Wildman–Crippen LogP) is 1.04. The van der Waals surface area contributed by atoms with Crippen LogP contribution in [0, 0.1) is 20.8 Å². The maximum atomic E-state index is 12.0. The summed E-state index contributed by atoms with van der Waals surface area (Å²) in [4.78, 5) is 23.7. The highest BCUT2D eigenvalue weighted by atomic mass is 32.2. The summed E-state index contributed by atoms with van der Waals surface area (Å²) >= 11 is 0. The van der Waals surface area contributed by atoms with E-state index in [0.29, 0.717) is 6.42 Å². The Morgan fingerprint density at radius 1 is 1.17 bits per heavy atom. The number of nitrogens with one attached hydrogen (secondary N) is 3. The Bertz CT molecular complexity index is 736. The molecule has 24 heavy (non-hydrogen) atoms. The SMILES string of the molecule is Cc1cc(C)c(NC(=O)CNC(=O)NC2CCS(=O)(=O)C2)c(C)c1. The molecule has 0 aliphatic carbocycles. The first-order valence-electron chi connectivity index (χ1n) is 7.79. The summed E-state index contributed by atoms with van der Waals surface area (Å²) in [5.41, 5.74) is 3.78. The van der Waals surface area contributed by atoms with Crippen molar-refractivity contribution < 1.29 is 18.0 Å². The second-order valence-electron chi connectivity index (χ2n) is 6.25. The molecular weight excluding hydrogens is 330 g/mol. The first-order chi connectivity index (χ1) is 11.2. The lowest BCUT2D eigenvalue weighted by molar-refractivity contribution is -0.115. The lowest BCUT2D eigenvalue weighted by Gasteiger charge is -2.14. The van der Waals surface area contributed by atoms with Gasteiger partial charge in [-0.3, -0.25) is 4.79 Å². The summed E-state index contributed by atoms with van der Waals surface area (Å²) < 4.78 is 22.7. The Labute approximate surface area is 142 Å². The largest absolute Gasteiger partial charge is 0.334 e. The van der Waals surface area contributed by atoms with Gasteiger partial charge in [-0.25, -0.2) is 13.2 Å². The molecule has 7 nitrogen and oxygen atoms in total. The van der Waals surface area contributed by atoms with E-state index >= 15 is 0 Å². The van der Waals surface area contributed by atoms with Crippen LogP contribution in [0.3, 0.4) is 0 Å². The molecular formula is C16H23N3O4S. The number of rotatable bonds is 4. The van der Waals surface area contributed by atoms with Crippen molar-refractivity contribution in [2.24, 2.45) is 0 Å². The summed E-state index contributed by atoms with van der Waals surface area (Å²) in [6.45, 7) is 5.63. The smallest absolute Gasteiger partial charge is 0.315 e. The average molecular weight is 353 g/mol. The Hall–Kier alpha value is -2.09. The van der Waals surface area contributed by atoms with Gasteiger partial charge in [-0.2, -0.15) is 0 Å². The maximum absolute atomic E-state index is 12.0. The van der Waals surface area contributed by atoms with Crippen molar-refractivity contribution in [1.29, 1.82) is 0 Å². The molecule has 1 aliphatic rings. The molecule has 0 spiro atoms. The van der Waals surface area contributed by atoms with E-state index in [4.69, 9.17) is 0 Å². The number of amides is 3. The Balaban J connectivity index is 1.82. The molecule has 1 fully saturated rings. The molecule has 0 bridgehead atoms. The van der Waals surface area contributed by atoms with E-state index in [2.05, 4.69) is 16.0 Å². The fourth-order valence-corrected chi connectivity index (χ4v) is 4.54. The second-order valence-corrected chi connectivity index (χ2v) is 8.48. The molecule has 0 radical (unpaired) electrons. The minimum Gasteiger partial charge on any atom is -0.334 e. The van der Waals surface area contributed by atoms with Crippen molar-refractivity contribution >= 4 is 27.5 Å². The van der Waals surface area contributed by atoms with E-state index in [9.17, 15) is 18.0 Å². The van der Waals surface area contributed by atoms with Gasteiger partial charge in [0.05, 0.1) is 18.1 Å². The van der Waals surface area contributed by atoms with Gasteiger partial charge in [-0.05, 0) is 38.3 Å². The third-order valence-electron chi connectivity index (χ3n) is 3.92. The number of anilines is 1. The van der Waals surface area contributed by atoms with Gasteiger partial charge in [0.25, 0.3) is 0 Å². The quantitative estimate of drug-likeness (QED) is 0.752. The van der Waals surface area contributed by atoms with E-state index in [1.165, 1.54) is 0 Å². The van der Waals surface area contributed by atoms with Crippen molar-refractivity contribution in [3.8, 4) is 0 Å². The zero-order valence-corrected chi connectivity index (χ0v) is 14.9. The minimum atomic E-state index is -3.05. The molecule has 1 aromatic rings. The first kappa shape index (κ1) is 18.3. The van der Waals surface area contributed by atoms with Gasteiger partial charge in [-0.15, -0.1) is 0 Å². The third kappa shape index (κ3) is 4.95. The molecule has 2 rings (SSSR count). The highest BCUT2D eigenvalue weighted by Gasteiger charge is 2.28. The number of aryl methyl sites for hydroxylation is 3. The number of hydrogen-bond acceptors (Lipinski definition) is 4. The van der Waals surface area contributed by atoms with Gasteiger partial charge in [0.1, 0.15) is 0 Å². The molecule has 1 saturated heterocycles. The van der Waals surface area contributed by atoms with E-state index in [-0.39, 0.29) is 30.0 Å². The molecule has 1 atom stereocenters. The van der Waals surface area contributed by atoms with Gasteiger partial charge < -0.3 is 16.0 Å². The molecule has 1 heterocycles. The van der Waals surface area contributed by atoms with Crippen LogP contribution in [0.4, 0.5) is 10.5 Å². The molecule has 3 amide bonds. The van der Waals surface area contributed by atoms with E-state index < -0.39 is 15.9 Å². The number of sulfone groups is 1. The lowest BCUT2D eigenvalue weighted by atomic mass is 10.1. The van der Waals surface area contributed by atoms with Crippen molar-refractivity contribution in [2.75, 3.05) is 23.4 Å². The molecule has 132 valence electrons. The number of benzene rings is 1. The molecule has 1 aromatic carbocycles. The summed E-state index contributed by atoms with van der Waals surface area (Å²) in [7, 11) is -3.05. The number of carbonyl (C=O) groups is 2. The van der Waals surface area contributed by atoms with Crippen LogP contribution in [0.2, 0.25) is 0 Å². The lowest BCUT2D eigenvalue weighted by Crippen LogP contribution is -2.45. The molecule has 1 unspecified atom stereocenters. The minimum absolute atomic E-state index is 0.0472. The summed E-state index contributed by atoms with van der Waals surface area (Å²) in [5.74, 6) is -0.294. The van der Waals surface area contributed by atoms with Gasteiger partial charge in [0, 0.05) is 11.7 Å². The van der Waals surface area contributed by atoms with Crippen LogP contribution in [0.15, 0.2) is 12.1 Å². The highest BCUT2D eigenvalue weighted by Crippen LogP contribution is 2.21. The Morgan fingerprint density at radius 2 is 1.79 bits per heavy atom. The van der Waals surface area contributed by atoms with Gasteiger partial charge in [-0.1, -0.05) is 17.7 Å². The van der Waals surface area contributed by atoms with E-state index in [1.54, 1.807) is 0 Å². The summed E-state index contributed by atoms with van der Waals surface area (Å²) in [5, 5.41) is 7.82. The second kappa shape index (κ2) is 7.21. The van der Waals surface area contributed by atoms with Crippen LogP contribution in [0.1, 0.15) is 23.1 Å². The average Bonchev–Trinajstić information content (AvgIpc) is 2.79. The fourth-order valence-electron chi connectivity index (χ4n) is 2.87. The van der Waals surface area contributed by atoms with Crippen molar-refractivity contribution in [2.45, 2.75) is 33.2 Å². The number of urea groups is 1. The van der Waals surface area contributed by atoms with Crippen molar-refractivity contribution in [1.82, 2.24) is 10.6 Å². The normalized spacial score (nSPS) is 18.9. The Kier molecular flexibility index (Phi) is 5.48. The number of hydrogen-bond donors (Lipinski definition) is 3. The fraction of sp³-hybridized carbons (Fsp3) is 0.500. The zero-order valence-electron chi connectivity index (χ0n) is 14.1. The molecule has 3 N–H and O–H groups in total. The van der Waals surface area contributed by atoms with Crippen molar-refractivity contribution in [3.05, 3.63) is 28.8 Å². The van der Waals surface area contributed by atoms with Gasteiger partial charge in [0.15, 0.2) is 9.84 Å². The predicted molar refractivity (Wildman–Crippen MR) is 92.9 cm³/mol. The van der Waals surface area contributed by atoms with Crippen molar-refractivity contribution in [3.63, 3.8) is 0 Å². The zero-order chi connectivity index (χ0) is 17.9. The van der Waals surface area contributed by atoms with E-state index in [0.717, 1.165) is 22.4 Å². The standard InChI is InChI=1S/C16H23N3O4S/c1-10-6-11(2)15(12(3)7-10)19-14(20)8-17-16(21)18-13-4-5-24(22,23)9-13/h6-7,13H,4-5,8-9H2,1-3H3,(H,19,20)(H2,17,18,21). The molecule has 0 aromatic heterocycles. The van der Waals surface area contributed by atoms with Crippen LogP contribution in [0.25, 0.3) is 0 Å². The first-order valence-corrected chi connectivity index (χ1v) is 9.61.